The molecule has 0 saturated heterocycles. The zero-order chi connectivity index (χ0) is 14.7. The number of nitrogens with two attached hydrogens (primary N) is 1. The second-order valence-electron chi connectivity index (χ2n) is 3.74. The minimum absolute atomic E-state index is 0.0598. The predicted octanol–water partition coefficient (Wildman–Crippen LogP) is 2.63. The molecule has 0 aliphatic heterocycles. The van der Waals surface area contributed by atoms with Gasteiger partial charge in [0.05, 0.1) is 19.0 Å². The van der Waals surface area contributed by atoms with Gasteiger partial charge in [-0.1, -0.05) is 11.6 Å². The van der Waals surface area contributed by atoms with Crippen LogP contribution in [0.25, 0.3) is 0 Å². The lowest BCUT2D eigenvalue weighted by atomic mass is 10.2. The van der Waals surface area contributed by atoms with E-state index in [0.29, 0.717) is 27.8 Å². The molecule has 0 aliphatic carbocycles. The summed E-state index contributed by atoms with van der Waals surface area (Å²) < 4.78 is 5.19. The first-order chi connectivity index (χ1) is 9.51. The lowest BCUT2D eigenvalue weighted by molar-refractivity contribution is 0.1000. The van der Waals surface area contributed by atoms with Crippen LogP contribution < -0.4 is 15.8 Å². The highest BCUT2D eigenvalue weighted by Gasteiger charge is 2.11. The van der Waals surface area contributed by atoms with Crippen molar-refractivity contribution in [2.45, 2.75) is 0 Å². The van der Waals surface area contributed by atoms with Crippen LogP contribution in [0.2, 0.25) is 10.3 Å². The number of anilines is 2. The van der Waals surface area contributed by atoms with Gasteiger partial charge >= 0.3 is 0 Å². The molecule has 0 bridgehead atoms. The molecule has 20 heavy (non-hydrogen) atoms. The minimum atomic E-state index is -0.544. The first-order valence-corrected chi connectivity index (χ1v) is 6.19. The van der Waals surface area contributed by atoms with Crippen molar-refractivity contribution in [3.63, 3.8) is 0 Å². The number of primary amides is 1. The van der Waals surface area contributed by atoms with E-state index in [9.17, 15) is 4.79 Å². The van der Waals surface area contributed by atoms with E-state index in [4.69, 9.17) is 33.7 Å². The van der Waals surface area contributed by atoms with Crippen LogP contribution in [0, 0.1) is 0 Å². The summed E-state index contributed by atoms with van der Waals surface area (Å²) in [5.41, 5.74) is 6.11. The van der Waals surface area contributed by atoms with Crippen molar-refractivity contribution in [2.24, 2.45) is 5.73 Å². The van der Waals surface area contributed by atoms with E-state index in [0.717, 1.165) is 0 Å². The van der Waals surface area contributed by atoms with Crippen molar-refractivity contribution in [2.75, 3.05) is 12.4 Å². The fourth-order valence-electron chi connectivity index (χ4n) is 1.51. The molecule has 0 fully saturated rings. The van der Waals surface area contributed by atoms with Crippen molar-refractivity contribution >= 4 is 40.6 Å². The van der Waals surface area contributed by atoms with Crippen LogP contribution in [0.15, 0.2) is 24.4 Å². The fraction of sp³-hybridized carbons (Fsp3) is 0.0833. The second-order valence-corrected chi connectivity index (χ2v) is 4.49. The van der Waals surface area contributed by atoms with Gasteiger partial charge < -0.3 is 15.8 Å². The van der Waals surface area contributed by atoms with E-state index in [-0.39, 0.29) is 5.28 Å². The van der Waals surface area contributed by atoms with Crippen molar-refractivity contribution in [1.82, 2.24) is 9.97 Å². The van der Waals surface area contributed by atoms with Gasteiger partial charge in [0.2, 0.25) is 11.2 Å². The molecule has 8 heteroatoms. The Morgan fingerprint density at radius 3 is 2.80 bits per heavy atom. The Hall–Kier alpha value is -2.05. The van der Waals surface area contributed by atoms with Gasteiger partial charge in [0.15, 0.2) is 5.82 Å². The van der Waals surface area contributed by atoms with Crippen LogP contribution in [-0.4, -0.2) is 23.0 Å². The number of rotatable bonds is 4. The van der Waals surface area contributed by atoms with Gasteiger partial charge in [0, 0.05) is 5.56 Å². The molecule has 2 aromatic rings. The number of hydrogen-bond donors (Lipinski definition) is 2. The highest BCUT2D eigenvalue weighted by atomic mass is 35.5. The molecule has 0 radical (unpaired) electrons. The average molecular weight is 313 g/mol. The van der Waals surface area contributed by atoms with Gasteiger partial charge in [0.1, 0.15) is 10.8 Å². The summed E-state index contributed by atoms with van der Waals surface area (Å²) in [5.74, 6) is 0.210. The molecule has 0 saturated carbocycles. The first-order valence-electron chi connectivity index (χ1n) is 5.44. The zero-order valence-corrected chi connectivity index (χ0v) is 11.9. The summed E-state index contributed by atoms with van der Waals surface area (Å²) in [6, 6.07) is 4.70. The summed E-state index contributed by atoms with van der Waals surface area (Å²) in [7, 11) is 1.47. The third-order valence-corrected chi connectivity index (χ3v) is 2.91. The largest absolute Gasteiger partial charge is 0.495 e. The average Bonchev–Trinajstić information content (AvgIpc) is 2.43. The number of aromatic nitrogens is 2. The number of nitrogens with zero attached hydrogens (tertiary/aromatic N) is 2. The summed E-state index contributed by atoms with van der Waals surface area (Å²) in [6.45, 7) is 0. The van der Waals surface area contributed by atoms with Crippen molar-refractivity contribution in [3.8, 4) is 5.75 Å². The number of benzene rings is 1. The van der Waals surface area contributed by atoms with Gasteiger partial charge in [-0.05, 0) is 29.8 Å². The molecule has 0 atom stereocenters. The van der Waals surface area contributed by atoms with Crippen LogP contribution in [0.5, 0.6) is 5.75 Å². The maximum atomic E-state index is 11.1. The van der Waals surface area contributed by atoms with Gasteiger partial charge in [-0.15, -0.1) is 0 Å². The fourth-order valence-corrected chi connectivity index (χ4v) is 1.78. The third kappa shape index (κ3) is 3.09. The van der Waals surface area contributed by atoms with E-state index in [2.05, 4.69) is 15.3 Å². The molecule has 0 unspecified atom stereocenters. The number of halogens is 2. The topological polar surface area (TPSA) is 90.1 Å². The Labute approximate surface area is 124 Å². The predicted molar refractivity (Wildman–Crippen MR) is 76.8 cm³/mol. The molecule has 2 rings (SSSR count). The van der Waals surface area contributed by atoms with Crippen LogP contribution in [0.4, 0.5) is 11.5 Å². The summed E-state index contributed by atoms with van der Waals surface area (Å²) in [5, 5.41) is 3.32. The molecule has 1 heterocycles. The lowest BCUT2D eigenvalue weighted by Gasteiger charge is -2.12. The number of methoxy groups -OCH3 is 1. The Balaban J connectivity index is 2.38. The number of carbonyl (C=O) groups is 1. The van der Waals surface area contributed by atoms with Crippen molar-refractivity contribution in [1.29, 1.82) is 0 Å². The zero-order valence-electron chi connectivity index (χ0n) is 10.4. The lowest BCUT2D eigenvalue weighted by Crippen LogP contribution is -2.11. The molecule has 0 aliphatic rings. The quantitative estimate of drug-likeness (QED) is 0.847. The molecule has 1 aromatic heterocycles. The number of ether oxygens (including phenoxy) is 1. The van der Waals surface area contributed by atoms with Gasteiger partial charge in [-0.3, -0.25) is 4.79 Å². The summed E-state index contributed by atoms with van der Waals surface area (Å²) in [6.07, 6.45) is 1.38. The van der Waals surface area contributed by atoms with E-state index in [1.165, 1.54) is 19.4 Å². The van der Waals surface area contributed by atoms with Crippen molar-refractivity contribution in [3.05, 3.63) is 40.3 Å². The molecule has 3 N–H and O–H groups in total. The highest BCUT2D eigenvalue weighted by Crippen LogP contribution is 2.30. The van der Waals surface area contributed by atoms with E-state index in [1.807, 2.05) is 0 Å². The molecule has 1 aromatic carbocycles. The van der Waals surface area contributed by atoms with Gasteiger partial charge in [-0.2, -0.15) is 4.98 Å². The molecule has 6 nitrogen and oxygen atoms in total. The van der Waals surface area contributed by atoms with Crippen molar-refractivity contribution < 1.29 is 9.53 Å². The molecular weight excluding hydrogens is 303 g/mol. The van der Waals surface area contributed by atoms with E-state index >= 15 is 0 Å². The third-order valence-electron chi connectivity index (χ3n) is 2.45. The van der Waals surface area contributed by atoms with Crippen LogP contribution in [-0.2, 0) is 0 Å². The Bertz CT molecular complexity index is 664. The van der Waals surface area contributed by atoms with Gasteiger partial charge in [0.25, 0.3) is 0 Å². The van der Waals surface area contributed by atoms with Gasteiger partial charge in [-0.25, -0.2) is 4.98 Å². The SMILES string of the molecule is COc1cc(C(N)=O)ccc1Nc1nc(Cl)ncc1Cl. The Morgan fingerprint density at radius 1 is 1.40 bits per heavy atom. The van der Waals surface area contributed by atoms with E-state index < -0.39 is 5.91 Å². The monoisotopic (exact) mass is 312 g/mol. The summed E-state index contributed by atoms with van der Waals surface area (Å²) >= 11 is 11.7. The van der Waals surface area contributed by atoms with Crippen LogP contribution >= 0.6 is 23.2 Å². The molecular formula is C12H10Cl2N4O2. The number of carbonyl (C=O) groups excluding carboxylic acids is 1. The smallest absolute Gasteiger partial charge is 0.248 e. The standard InChI is InChI=1S/C12H10Cl2N4O2/c1-20-9-4-6(10(15)19)2-3-8(9)17-11-7(13)5-16-12(14)18-11/h2-5H,1H3,(H2,15,19)(H,16,17,18). The Kier molecular flexibility index (Phi) is 4.26. The maximum Gasteiger partial charge on any atom is 0.248 e. The van der Waals surface area contributed by atoms with Crippen LogP contribution in [0.3, 0.4) is 0 Å². The number of amides is 1. The summed E-state index contributed by atoms with van der Waals surface area (Å²) in [4.78, 5) is 18.8. The second kappa shape index (κ2) is 5.94. The highest BCUT2D eigenvalue weighted by molar-refractivity contribution is 6.33. The molecule has 1 amide bonds. The Morgan fingerprint density at radius 2 is 2.15 bits per heavy atom. The van der Waals surface area contributed by atoms with Crippen LogP contribution in [0.1, 0.15) is 10.4 Å². The molecule has 104 valence electrons. The number of hydrogen-bond acceptors (Lipinski definition) is 5. The maximum absolute atomic E-state index is 11.1. The minimum Gasteiger partial charge on any atom is -0.495 e. The number of nitrogens with one attached hydrogen (secondary N) is 1. The first kappa shape index (κ1) is 14.4. The van der Waals surface area contributed by atoms with E-state index in [1.54, 1.807) is 12.1 Å². The molecule has 0 spiro atoms. The normalized spacial score (nSPS) is 10.2.